The predicted molar refractivity (Wildman–Crippen MR) is 89.4 cm³/mol. The standard InChI is InChI=1S/C18H35N3/c1-2-11-20-12-5-9-18(15-19,10-14-20)21-13-4-7-16-6-3-8-17(16)21/h16-17H,2-15,19H2,1H3. The van der Waals surface area contributed by atoms with E-state index in [0.717, 1.165) is 18.5 Å². The van der Waals surface area contributed by atoms with Gasteiger partial charge in [0.05, 0.1) is 0 Å². The van der Waals surface area contributed by atoms with Gasteiger partial charge in [-0.25, -0.2) is 0 Å². The second-order valence-electron chi connectivity index (χ2n) is 7.72. The summed E-state index contributed by atoms with van der Waals surface area (Å²) in [5, 5.41) is 0. The molecule has 0 bridgehead atoms. The van der Waals surface area contributed by atoms with Crippen LogP contribution in [0.25, 0.3) is 0 Å². The van der Waals surface area contributed by atoms with Crippen LogP contribution in [-0.4, -0.2) is 54.1 Å². The van der Waals surface area contributed by atoms with Crippen LogP contribution < -0.4 is 5.73 Å². The molecule has 3 rings (SSSR count). The molecule has 0 aromatic rings. The highest BCUT2D eigenvalue weighted by Gasteiger charge is 2.45. The Balaban J connectivity index is 1.73. The third-order valence-corrected chi connectivity index (χ3v) is 6.53. The lowest BCUT2D eigenvalue weighted by Gasteiger charge is -2.50. The van der Waals surface area contributed by atoms with Crippen molar-refractivity contribution in [2.75, 3.05) is 32.7 Å². The molecular formula is C18H35N3. The second kappa shape index (κ2) is 6.97. The van der Waals surface area contributed by atoms with Gasteiger partial charge in [-0.1, -0.05) is 13.3 Å². The molecule has 122 valence electrons. The summed E-state index contributed by atoms with van der Waals surface area (Å²) < 4.78 is 0. The van der Waals surface area contributed by atoms with E-state index in [1.807, 2.05) is 0 Å². The maximum Gasteiger partial charge on any atom is 0.0347 e. The minimum atomic E-state index is 0.316. The summed E-state index contributed by atoms with van der Waals surface area (Å²) in [5.74, 6) is 0.983. The molecule has 0 amide bonds. The maximum atomic E-state index is 6.38. The van der Waals surface area contributed by atoms with E-state index in [1.165, 1.54) is 84.0 Å². The van der Waals surface area contributed by atoms with Crippen LogP contribution in [0.15, 0.2) is 0 Å². The summed E-state index contributed by atoms with van der Waals surface area (Å²) in [7, 11) is 0. The first-order chi connectivity index (χ1) is 10.3. The third kappa shape index (κ3) is 3.16. The minimum absolute atomic E-state index is 0.316. The molecule has 3 fully saturated rings. The molecular weight excluding hydrogens is 258 g/mol. The first-order valence-electron chi connectivity index (χ1n) is 9.48. The second-order valence-corrected chi connectivity index (χ2v) is 7.72. The number of rotatable bonds is 4. The molecule has 1 saturated carbocycles. The number of hydrogen-bond acceptors (Lipinski definition) is 3. The summed E-state index contributed by atoms with van der Waals surface area (Å²) >= 11 is 0. The average Bonchev–Trinajstić information content (AvgIpc) is 2.89. The van der Waals surface area contributed by atoms with E-state index in [1.54, 1.807) is 0 Å². The molecule has 2 saturated heterocycles. The lowest BCUT2D eigenvalue weighted by Crippen LogP contribution is -2.60. The van der Waals surface area contributed by atoms with Crippen molar-refractivity contribution in [3.63, 3.8) is 0 Å². The summed E-state index contributed by atoms with van der Waals surface area (Å²) in [6.45, 7) is 8.31. The number of fused-ring (bicyclic) bond motifs is 1. The highest BCUT2D eigenvalue weighted by molar-refractivity contribution is 5.01. The molecule has 1 aliphatic carbocycles. The van der Waals surface area contributed by atoms with Crippen molar-refractivity contribution in [2.24, 2.45) is 11.7 Å². The molecule has 2 N–H and O–H groups in total. The van der Waals surface area contributed by atoms with Gasteiger partial charge in [-0.05, 0) is 83.5 Å². The average molecular weight is 293 g/mol. The van der Waals surface area contributed by atoms with Gasteiger partial charge in [-0.3, -0.25) is 4.90 Å². The van der Waals surface area contributed by atoms with Gasteiger partial charge in [0.15, 0.2) is 0 Å². The van der Waals surface area contributed by atoms with E-state index in [0.29, 0.717) is 5.54 Å². The molecule has 0 spiro atoms. The zero-order chi connectivity index (χ0) is 14.7. The largest absolute Gasteiger partial charge is 0.329 e. The van der Waals surface area contributed by atoms with E-state index in [-0.39, 0.29) is 0 Å². The quantitative estimate of drug-likeness (QED) is 0.865. The van der Waals surface area contributed by atoms with E-state index in [9.17, 15) is 0 Å². The Hall–Kier alpha value is -0.120. The molecule has 0 aromatic heterocycles. The molecule has 3 heteroatoms. The van der Waals surface area contributed by atoms with Gasteiger partial charge < -0.3 is 10.6 Å². The zero-order valence-electron chi connectivity index (χ0n) is 14.0. The first-order valence-corrected chi connectivity index (χ1v) is 9.48. The van der Waals surface area contributed by atoms with E-state index >= 15 is 0 Å². The molecule has 2 aliphatic heterocycles. The van der Waals surface area contributed by atoms with Crippen LogP contribution in [0.4, 0.5) is 0 Å². The number of nitrogens with two attached hydrogens (primary N) is 1. The lowest BCUT2D eigenvalue weighted by atomic mass is 9.81. The molecule has 3 aliphatic rings. The van der Waals surface area contributed by atoms with Gasteiger partial charge in [-0.15, -0.1) is 0 Å². The number of likely N-dealkylation sites (tertiary alicyclic amines) is 2. The summed E-state index contributed by atoms with van der Waals surface area (Å²) in [6, 6.07) is 0.861. The van der Waals surface area contributed by atoms with Gasteiger partial charge in [0, 0.05) is 18.1 Å². The van der Waals surface area contributed by atoms with E-state index < -0.39 is 0 Å². The highest BCUT2D eigenvalue weighted by atomic mass is 15.3. The van der Waals surface area contributed by atoms with Crippen LogP contribution in [0.5, 0.6) is 0 Å². The van der Waals surface area contributed by atoms with E-state index in [4.69, 9.17) is 5.73 Å². The Morgan fingerprint density at radius 3 is 2.67 bits per heavy atom. The number of nitrogens with zero attached hydrogens (tertiary/aromatic N) is 2. The minimum Gasteiger partial charge on any atom is -0.329 e. The van der Waals surface area contributed by atoms with Crippen LogP contribution in [0.1, 0.15) is 64.7 Å². The molecule has 3 nitrogen and oxygen atoms in total. The Bertz CT molecular complexity index is 332. The highest BCUT2D eigenvalue weighted by Crippen LogP contribution is 2.42. The van der Waals surface area contributed by atoms with Crippen LogP contribution in [0.2, 0.25) is 0 Å². The molecule has 3 unspecified atom stereocenters. The predicted octanol–water partition coefficient (Wildman–Crippen LogP) is 2.84. The first kappa shape index (κ1) is 15.8. The summed E-state index contributed by atoms with van der Waals surface area (Å²) in [5.41, 5.74) is 6.70. The SMILES string of the molecule is CCCN1CCCC(CN)(N2CCCC3CCCC32)CC1. The number of hydrogen-bond donors (Lipinski definition) is 1. The van der Waals surface area contributed by atoms with Gasteiger partial charge >= 0.3 is 0 Å². The third-order valence-electron chi connectivity index (χ3n) is 6.53. The van der Waals surface area contributed by atoms with Crippen LogP contribution in [-0.2, 0) is 0 Å². The van der Waals surface area contributed by atoms with Crippen molar-refractivity contribution in [1.29, 1.82) is 0 Å². The normalized spacial score (nSPS) is 39.1. The Morgan fingerprint density at radius 1 is 1.00 bits per heavy atom. The van der Waals surface area contributed by atoms with Crippen molar-refractivity contribution in [2.45, 2.75) is 76.3 Å². The van der Waals surface area contributed by atoms with Crippen molar-refractivity contribution in [3.8, 4) is 0 Å². The smallest absolute Gasteiger partial charge is 0.0347 e. The topological polar surface area (TPSA) is 32.5 Å². The fourth-order valence-corrected chi connectivity index (χ4v) is 5.43. The lowest BCUT2D eigenvalue weighted by molar-refractivity contribution is -0.00552. The fraction of sp³-hybridized carbons (Fsp3) is 1.00. The Labute approximate surface area is 131 Å². The van der Waals surface area contributed by atoms with Crippen LogP contribution in [0.3, 0.4) is 0 Å². The summed E-state index contributed by atoms with van der Waals surface area (Å²) in [4.78, 5) is 5.58. The monoisotopic (exact) mass is 293 g/mol. The molecule has 0 radical (unpaired) electrons. The Kier molecular flexibility index (Phi) is 5.23. The van der Waals surface area contributed by atoms with Crippen molar-refractivity contribution in [3.05, 3.63) is 0 Å². The molecule has 0 aromatic carbocycles. The molecule has 3 atom stereocenters. The van der Waals surface area contributed by atoms with Gasteiger partial charge in [-0.2, -0.15) is 0 Å². The zero-order valence-corrected chi connectivity index (χ0v) is 14.0. The van der Waals surface area contributed by atoms with Crippen molar-refractivity contribution < 1.29 is 0 Å². The van der Waals surface area contributed by atoms with Crippen molar-refractivity contribution >= 4 is 0 Å². The van der Waals surface area contributed by atoms with Crippen LogP contribution >= 0.6 is 0 Å². The molecule has 21 heavy (non-hydrogen) atoms. The Morgan fingerprint density at radius 2 is 1.86 bits per heavy atom. The van der Waals surface area contributed by atoms with Crippen LogP contribution in [0, 0.1) is 5.92 Å². The van der Waals surface area contributed by atoms with E-state index in [2.05, 4.69) is 16.7 Å². The molecule has 2 heterocycles. The van der Waals surface area contributed by atoms with Gasteiger partial charge in [0.1, 0.15) is 0 Å². The van der Waals surface area contributed by atoms with Gasteiger partial charge in [0.25, 0.3) is 0 Å². The fourth-order valence-electron chi connectivity index (χ4n) is 5.43. The summed E-state index contributed by atoms with van der Waals surface area (Å²) in [6.07, 6.45) is 12.5. The van der Waals surface area contributed by atoms with Gasteiger partial charge in [0.2, 0.25) is 0 Å². The number of piperidine rings is 1. The van der Waals surface area contributed by atoms with Crippen molar-refractivity contribution in [1.82, 2.24) is 9.80 Å². The maximum absolute atomic E-state index is 6.38.